The molecule has 0 saturated carbocycles. The summed E-state index contributed by atoms with van der Waals surface area (Å²) >= 11 is 10.4. The lowest BCUT2D eigenvalue weighted by Gasteiger charge is -2.17. The third-order valence-electron chi connectivity index (χ3n) is 3.93. The van der Waals surface area contributed by atoms with Gasteiger partial charge in [-0.05, 0) is 52.9 Å². The molecule has 0 bridgehead atoms. The SMILES string of the molecule is Cc1ccc(C(Cl)c2c(C)ccc3ccccc23)cc1Br. The topological polar surface area (TPSA) is 0 Å². The van der Waals surface area contributed by atoms with E-state index in [4.69, 9.17) is 11.6 Å². The minimum Gasteiger partial charge on any atom is -0.113 e. The Morgan fingerprint density at radius 1 is 0.905 bits per heavy atom. The predicted octanol–water partition coefficient (Wildman–Crippen LogP) is 6.55. The summed E-state index contributed by atoms with van der Waals surface area (Å²) < 4.78 is 1.10. The van der Waals surface area contributed by atoms with Crippen LogP contribution in [0.4, 0.5) is 0 Å². The Bertz CT molecular complexity index is 808. The summed E-state index contributed by atoms with van der Waals surface area (Å²) in [6.45, 7) is 4.21. The average molecular weight is 360 g/mol. The normalized spacial score (nSPS) is 12.6. The Labute approximate surface area is 138 Å². The minimum atomic E-state index is -0.145. The van der Waals surface area contributed by atoms with Crippen LogP contribution in [0.1, 0.15) is 27.6 Å². The van der Waals surface area contributed by atoms with Gasteiger partial charge in [0, 0.05) is 4.47 Å². The molecule has 0 aliphatic carbocycles. The van der Waals surface area contributed by atoms with Crippen molar-refractivity contribution in [2.75, 3.05) is 0 Å². The van der Waals surface area contributed by atoms with Crippen molar-refractivity contribution in [1.29, 1.82) is 0 Å². The van der Waals surface area contributed by atoms with E-state index >= 15 is 0 Å². The van der Waals surface area contributed by atoms with Gasteiger partial charge in [0.25, 0.3) is 0 Å². The van der Waals surface area contributed by atoms with Gasteiger partial charge < -0.3 is 0 Å². The molecular weight excluding hydrogens is 344 g/mol. The first-order valence-electron chi connectivity index (χ1n) is 6.96. The third-order valence-corrected chi connectivity index (χ3v) is 5.26. The lowest BCUT2D eigenvalue weighted by molar-refractivity contribution is 1.12. The van der Waals surface area contributed by atoms with Crippen LogP contribution in [-0.4, -0.2) is 0 Å². The van der Waals surface area contributed by atoms with Crippen molar-refractivity contribution in [3.05, 3.63) is 81.3 Å². The summed E-state index contributed by atoms with van der Waals surface area (Å²) in [6.07, 6.45) is 0. The van der Waals surface area contributed by atoms with Crippen LogP contribution in [0.5, 0.6) is 0 Å². The van der Waals surface area contributed by atoms with Crippen molar-refractivity contribution in [3.8, 4) is 0 Å². The van der Waals surface area contributed by atoms with Gasteiger partial charge in [-0.1, -0.05) is 64.5 Å². The van der Waals surface area contributed by atoms with E-state index in [9.17, 15) is 0 Å². The smallest absolute Gasteiger partial charge is 0.0844 e. The van der Waals surface area contributed by atoms with E-state index in [2.05, 4.69) is 84.4 Å². The number of hydrogen-bond acceptors (Lipinski definition) is 0. The quantitative estimate of drug-likeness (QED) is 0.455. The van der Waals surface area contributed by atoms with E-state index < -0.39 is 0 Å². The monoisotopic (exact) mass is 358 g/mol. The Morgan fingerprint density at radius 2 is 1.62 bits per heavy atom. The number of hydrogen-bond donors (Lipinski definition) is 0. The van der Waals surface area contributed by atoms with Crippen molar-refractivity contribution in [3.63, 3.8) is 0 Å². The summed E-state index contributed by atoms with van der Waals surface area (Å²) in [7, 11) is 0. The van der Waals surface area contributed by atoms with Gasteiger partial charge in [0.15, 0.2) is 0 Å². The molecule has 0 amide bonds. The Balaban J connectivity index is 2.19. The van der Waals surface area contributed by atoms with Crippen LogP contribution >= 0.6 is 27.5 Å². The molecule has 21 heavy (non-hydrogen) atoms. The van der Waals surface area contributed by atoms with Gasteiger partial charge >= 0.3 is 0 Å². The second-order valence-corrected chi connectivity index (χ2v) is 6.68. The second kappa shape index (κ2) is 5.82. The summed E-state index contributed by atoms with van der Waals surface area (Å²) in [5.74, 6) is 0. The van der Waals surface area contributed by atoms with Crippen molar-refractivity contribution in [1.82, 2.24) is 0 Å². The standard InChI is InChI=1S/C19H16BrCl/c1-12-7-10-15(11-17(12)20)19(21)18-13(2)8-9-14-5-3-4-6-16(14)18/h3-11,19H,1-2H3. The maximum atomic E-state index is 6.82. The van der Waals surface area contributed by atoms with Crippen molar-refractivity contribution < 1.29 is 0 Å². The number of fused-ring (bicyclic) bond motifs is 1. The van der Waals surface area contributed by atoms with Crippen molar-refractivity contribution in [2.45, 2.75) is 19.2 Å². The van der Waals surface area contributed by atoms with Gasteiger partial charge in [0.05, 0.1) is 5.38 Å². The van der Waals surface area contributed by atoms with E-state index in [1.807, 2.05) is 0 Å². The molecule has 0 saturated heterocycles. The molecule has 3 rings (SSSR count). The average Bonchev–Trinajstić information content (AvgIpc) is 2.49. The van der Waals surface area contributed by atoms with Gasteiger partial charge in [0.2, 0.25) is 0 Å². The molecule has 0 spiro atoms. The molecule has 2 heteroatoms. The number of alkyl halides is 1. The highest BCUT2D eigenvalue weighted by atomic mass is 79.9. The lowest BCUT2D eigenvalue weighted by Crippen LogP contribution is -1.98. The molecule has 0 aliphatic heterocycles. The fourth-order valence-electron chi connectivity index (χ4n) is 2.67. The molecule has 106 valence electrons. The third kappa shape index (κ3) is 2.73. The highest BCUT2D eigenvalue weighted by Crippen LogP contribution is 2.37. The first kappa shape index (κ1) is 14.6. The molecule has 0 radical (unpaired) electrons. The molecule has 1 unspecified atom stereocenters. The van der Waals surface area contributed by atoms with Crippen molar-refractivity contribution in [2.24, 2.45) is 0 Å². The summed E-state index contributed by atoms with van der Waals surface area (Å²) in [5, 5.41) is 2.32. The fourth-order valence-corrected chi connectivity index (χ4v) is 3.50. The zero-order valence-corrected chi connectivity index (χ0v) is 14.4. The summed E-state index contributed by atoms with van der Waals surface area (Å²) in [5.41, 5.74) is 4.77. The highest BCUT2D eigenvalue weighted by molar-refractivity contribution is 9.10. The van der Waals surface area contributed by atoms with Crippen LogP contribution in [0.15, 0.2) is 59.1 Å². The fraction of sp³-hybridized carbons (Fsp3) is 0.158. The van der Waals surface area contributed by atoms with Crippen LogP contribution in [0.3, 0.4) is 0 Å². The number of halogens is 2. The van der Waals surface area contributed by atoms with Crippen LogP contribution in [0.2, 0.25) is 0 Å². The van der Waals surface area contributed by atoms with Gasteiger partial charge in [-0.2, -0.15) is 0 Å². The van der Waals surface area contributed by atoms with Gasteiger partial charge in [-0.15, -0.1) is 11.6 Å². The first-order chi connectivity index (χ1) is 10.1. The van der Waals surface area contributed by atoms with E-state index in [-0.39, 0.29) is 5.38 Å². The Morgan fingerprint density at radius 3 is 2.38 bits per heavy atom. The Hall–Kier alpha value is -1.31. The van der Waals surface area contributed by atoms with Crippen LogP contribution in [0.25, 0.3) is 10.8 Å². The Kier molecular flexibility index (Phi) is 4.05. The zero-order valence-electron chi connectivity index (χ0n) is 12.0. The molecule has 3 aromatic rings. The van der Waals surface area contributed by atoms with Crippen molar-refractivity contribution >= 4 is 38.3 Å². The number of aryl methyl sites for hydroxylation is 2. The van der Waals surface area contributed by atoms with Crippen LogP contribution < -0.4 is 0 Å². The molecule has 0 aromatic heterocycles. The maximum absolute atomic E-state index is 6.82. The molecule has 0 heterocycles. The van der Waals surface area contributed by atoms with E-state index in [1.165, 1.54) is 27.5 Å². The highest BCUT2D eigenvalue weighted by Gasteiger charge is 2.17. The second-order valence-electron chi connectivity index (χ2n) is 5.39. The molecule has 1 atom stereocenters. The van der Waals surface area contributed by atoms with E-state index in [1.54, 1.807) is 0 Å². The molecule has 0 N–H and O–H groups in total. The first-order valence-corrected chi connectivity index (χ1v) is 8.19. The molecule has 0 fully saturated rings. The predicted molar refractivity (Wildman–Crippen MR) is 95.3 cm³/mol. The van der Waals surface area contributed by atoms with Gasteiger partial charge in [0.1, 0.15) is 0 Å². The van der Waals surface area contributed by atoms with E-state index in [0.29, 0.717) is 0 Å². The molecule has 3 aromatic carbocycles. The molecule has 0 aliphatic rings. The van der Waals surface area contributed by atoms with Gasteiger partial charge in [-0.25, -0.2) is 0 Å². The van der Waals surface area contributed by atoms with Gasteiger partial charge in [-0.3, -0.25) is 0 Å². The lowest BCUT2D eigenvalue weighted by atomic mass is 9.93. The largest absolute Gasteiger partial charge is 0.113 e. The summed E-state index contributed by atoms with van der Waals surface area (Å²) in [6, 6.07) is 19.1. The number of rotatable bonds is 2. The van der Waals surface area contributed by atoms with Crippen LogP contribution in [-0.2, 0) is 0 Å². The summed E-state index contributed by atoms with van der Waals surface area (Å²) in [4.78, 5) is 0. The number of benzene rings is 3. The zero-order chi connectivity index (χ0) is 15.0. The van der Waals surface area contributed by atoms with E-state index in [0.717, 1.165) is 10.0 Å². The van der Waals surface area contributed by atoms with Crippen LogP contribution in [0, 0.1) is 13.8 Å². The minimum absolute atomic E-state index is 0.145. The molecule has 0 nitrogen and oxygen atoms in total. The maximum Gasteiger partial charge on any atom is 0.0844 e. The molecular formula is C19H16BrCl.